The van der Waals surface area contributed by atoms with Crippen molar-refractivity contribution in [3.05, 3.63) is 56.8 Å². The molecule has 4 nitrogen and oxygen atoms in total. The van der Waals surface area contributed by atoms with Crippen LogP contribution in [-0.4, -0.2) is 29.8 Å². The summed E-state index contributed by atoms with van der Waals surface area (Å²) in [5.74, 6) is 0.242. The number of hydrogen-bond donors (Lipinski definition) is 1. The van der Waals surface area contributed by atoms with E-state index in [1.807, 2.05) is 23.1 Å². The normalized spacial score (nSPS) is 19.4. The summed E-state index contributed by atoms with van der Waals surface area (Å²) in [6.45, 7) is 1.61. The van der Waals surface area contributed by atoms with Crippen molar-refractivity contribution in [1.82, 2.24) is 4.90 Å². The lowest BCUT2D eigenvalue weighted by atomic mass is 9.97. The van der Waals surface area contributed by atoms with Crippen LogP contribution in [0.4, 0.5) is 0 Å². The summed E-state index contributed by atoms with van der Waals surface area (Å²) >= 11 is 1.70. The minimum absolute atomic E-state index is 0.192. The van der Waals surface area contributed by atoms with Gasteiger partial charge in [0.05, 0.1) is 4.88 Å². The maximum absolute atomic E-state index is 12.9. The molecule has 0 bridgehead atoms. The van der Waals surface area contributed by atoms with Crippen LogP contribution in [0.5, 0.6) is 0 Å². The van der Waals surface area contributed by atoms with Crippen LogP contribution < -0.4 is 5.73 Å². The van der Waals surface area contributed by atoms with Gasteiger partial charge in [-0.25, -0.2) is 0 Å². The Hall–Kier alpha value is -2.14. The fourth-order valence-electron chi connectivity index (χ4n) is 4.12. The first-order valence-corrected chi connectivity index (χ1v) is 10.2. The molecular weight excluding hydrogens is 344 g/mol. The zero-order chi connectivity index (χ0) is 18.1. The van der Waals surface area contributed by atoms with Gasteiger partial charge in [-0.3, -0.25) is 9.59 Å². The number of amides is 2. The number of carbonyl (C=O) groups is 2. The standard InChI is InChI=1S/C21H24N2O2S/c22-20(24)17-6-3-4-14(11-17)10-15-8-9-23(13-15)21(25)19-12-16-5-1-2-7-18(16)26-19/h3-4,6,11-12,15H,1-2,5,7-10,13H2,(H2,22,24). The fraction of sp³-hybridized carbons (Fsp3) is 0.429. The second-order valence-corrected chi connectivity index (χ2v) is 8.58. The van der Waals surface area contributed by atoms with Crippen molar-refractivity contribution in [2.45, 2.75) is 38.5 Å². The Morgan fingerprint density at radius 1 is 1.19 bits per heavy atom. The predicted molar refractivity (Wildman–Crippen MR) is 104 cm³/mol. The number of likely N-dealkylation sites (tertiary alicyclic amines) is 1. The molecule has 1 aromatic heterocycles. The van der Waals surface area contributed by atoms with Crippen LogP contribution >= 0.6 is 11.3 Å². The maximum atomic E-state index is 12.9. The van der Waals surface area contributed by atoms with Gasteiger partial charge in [0.1, 0.15) is 0 Å². The Morgan fingerprint density at radius 2 is 2.04 bits per heavy atom. The summed E-state index contributed by atoms with van der Waals surface area (Å²) in [5.41, 5.74) is 8.43. The molecule has 1 saturated heterocycles. The highest BCUT2D eigenvalue weighted by atomic mass is 32.1. The van der Waals surface area contributed by atoms with E-state index in [-0.39, 0.29) is 5.91 Å². The van der Waals surface area contributed by atoms with Gasteiger partial charge < -0.3 is 10.6 Å². The zero-order valence-corrected chi connectivity index (χ0v) is 15.7. The van der Waals surface area contributed by atoms with Crippen LogP contribution in [0.1, 0.15) is 55.3 Å². The SMILES string of the molecule is NC(=O)c1cccc(CC2CCN(C(=O)c3cc4c(s3)CCCC4)C2)c1. The van der Waals surface area contributed by atoms with Crippen LogP contribution in [0.2, 0.25) is 0 Å². The van der Waals surface area contributed by atoms with Crippen molar-refractivity contribution in [2.75, 3.05) is 13.1 Å². The number of carbonyl (C=O) groups excluding carboxylic acids is 2. The van der Waals surface area contributed by atoms with E-state index in [0.29, 0.717) is 11.5 Å². The van der Waals surface area contributed by atoms with Gasteiger partial charge >= 0.3 is 0 Å². The largest absolute Gasteiger partial charge is 0.366 e. The second-order valence-electron chi connectivity index (χ2n) is 7.44. The van der Waals surface area contributed by atoms with E-state index in [1.165, 1.54) is 23.3 Å². The molecule has 5 heteroatoms. The van der Waals surface area contributed by atoms with Crippen molar-refractivity contribution >= 4 is 23.2 Å². The molecule has 1 aromatic carbocycles. The highest BCUT2D eigenvalue weighted by Crippen LogP contribution is 2.31. The van der Waals surface area contributed by atoms with Crippen LogP contribution in [-0.2, 0) is 19.3 Å². The molecule has 1 unspecified atom stereocenters. The molecule has 2 aromatic rings. The molecule has 1 aliphatic heterocycles. The number of fused-ring (bicyclic) bond motifs is 1. The average Bonchev–Trinajstić information content (AvgIpc) is 3.28. The first-order chi connectivity index (χ1) is 12.6. The quantitative estimate of drug-likeness (QED) is 0.899. The molecule has 0 radical (unpaired) electrons. The molecule has 2 heterocycles. The summed E-state index contributed by atoms with van der Waals surface area (Å²) in [4.78, 5) is 28.5. The number of nitrogens with two attached hydrogens (primary N) is 1. The van der Waals surface area contributed by atoms with Crippen LogP contribution in [0.15, 0.2) is 30.3 Å². The van der Waals surface area contributed by atoms with Gasteiger partial charge in [-0.1, -0.05) is 12.1 Å². The number of benzene rings is 1. The van der Waals surface area contributed by atoms with E-state index >= 15 is 0 Å². The molecule has 1 fully saturated rings. The van der Waals surface area contributed by atoms with Gasteiger partial charge in [0.15, 0.2) is 0 Å². The Morgan fingerprint density at radius 3 is 2.85 bits per heavy atom. The molecule has 4 rings (SSSR count). The molecule has 2 N–H and O–H groups in total. The van der Waals surface area contributed by atoms with E-state index in [9.17, 15) is 9.59 Å². The zero-order valence-electron chi connectivity index (χ0n) is 14.9. The Balaban J connectivity index is 1.40. The fourth-order valence-corrected chi connectivity index (χ4v) is 5.34. The number of hydrogen-bond acceptors (Lipinski definition) is 3. The lowest BCUT2D eigenvalue weighted by Crippen LogP contribution is -2.28. The molecule has 26 heavy (non-hydrogen) atoms. The molecule has 2 aliphatic rings. The first-order valence-electron chi connectivity index (χ1n) is 9.40. The van der Waals surface area contributed by atoms with E-state index in [1.54, 1.807) is 17.4 Å². The molecule has 0 saturated carbocycles. The first kappa shape index (κ1) is 17.3. The number of primary amides is 1. The molecule has 136 valence electrons. The third-order valence-electron chi connectivity index (χ3n) is 5.52. The topological polar surface area (TPSA) is 63.4 Å². The van der Waals surface area contributed by atoms with Gasteiger partial charge in [0.25, 0.3) is 5.91 Å². The van der Waals surface area contributed by atoms with E-state index < -0.39 is 5.91 Å². The van der Waals surface area contributed by atoms with Gasteiger partial charge in [0, 0.05) is 23.5 Å². The lowest BCUT2D eigenvalue weighted by molar-refractivity contribution is 0.0791. The predicted octanol–water partition coefficient (Wildman–Crippen LogP) is 3.43. The Labute approximate surface area is 158 Å². The lowest BCUT2D eigenvalue weighted by Gasteiger charge is -2.16. The van der Waals surface area contributed by atoms with E-state index in [2.05, 4.69) is 6.07 Å². The van der Waals surface area contributed by atoms with Crippen molar-refractivity contribution in [3.8, 4) is 0 Å². The summed E-state index contributed by atoms with van der Waals surface area (Å²) in [6, 6.07) is 9.66. The van der Waals surface area contributed by atoms with Gasteiger partial charge in [-0.2, -0.15) is 0 Å². The summed E-state index contributed by atoms with van der Waals surface area (Å²) < 4.78 is 0. The van der Waals surface area contributed by atoms with Crippen molar-refractivity contribution < 1.29 is 9.59 Å². The van der Waals surface area contributed by atoms with Gasteiger partial charge in [-0.05, 0) is 73.8 Å². The van der Waals surface area contributed by atoms with Crippen molar-refractivity contribution in [3.63, 3.8) is 0 Å². The maximum Gasteiger partial charge on any atom is 0.263 e. The third kappa shape index (κ3) is 3.54. The van der Waals surface area contributed by atoms with Gasteiger partial charge in [0.2, 0.25) is 5.91 Å². The summed E-state index contributed by atoms with van der Waals surface area (Å²) in [7, 11) is 0. The molecule has 0 spiro atoms. The smallest absolute Gasteiger partial charge is 0.263 e. The average molecular weight is 369 g/mol. The molecule has 2 amide bonds. The van der Waals surface area contributed by atoms with Crippen LogP contribution in [0, 0.1) is 5.92 Å². The number of rotatable bonds is 4. The number of thiophene rings is 1. The summed E-state index contributed by atoms with van der Waals surface area (Å²) in [6.07, 6.45) is 6.64. The minimum atomic E-state index is -0.392. The van der Waals surface area contributed by atoms with E-state index in [0.717, 1.165) is 49.2 Å². The minimum Gasteiger partial charge on any atom is -0.366 e. The highest BCUT2D eigenvalue weighted by Gasteiger charge is 2.29. The van der Waals surface area contributed by atoms with E-state index in [4.69, 9.17) is 5.73 Å². The van der Waals surface area contributed by atoms with Crippen molar-refractivity contribution in [2.24, 2.45) is 11.7 Å². The summed E-state index contributed by atoms with van der Waals surface area (Å²) in [5, 5.41) is 0. The Bertz CT molecular complexity index is 819. The third-order valence-corrected chi connectivity index (χ3v) is 6.74. The highest BCUT2D eigenvalue weighted by molar-refractivity contribution is 7.14. The molecule has 1 aliphatic carbocycles. The second kappa shape index (κ2) is 7.23. The monoisotopic (exact) mass is 368 g/mol. The number of nitrogens with zero attached hydrogens (tertiary/aromatic N) is 1. The van der Waals surface area contributed by atoms with Crippen molar-refractivity contribution in [1.29, 1.82) is 0 Å². The number of aryl methyl sites for hydroxylation is 2. The Kier molecular flexibility index (Phi) is 4.81. The molecule has 1 atom stereocenters. The molecular formula is C21H24N2O2S. The van der Waals surface area contributed by atoms with Crippen LogP contribution in [0.25, 0.3) is 0 Å². The van der Waals surface area contributed by atoms with Crippen LogP contribution in [0.3, 0.4) is 0 Å². The van der Waals surface area contributed by atoms with Gasteiger partial charge in [-0.15, -0.1) is 11.3 Å².